The van der Waals surface area contributed by atoms with Crippen LogP contribution < -0.4 is 5.32 Å². The van der Waals surface area contributed by atoms with Gasteiger partial charge in [0, 0.05) is 11.5 Å². The van der Waals surface area contributed by atoms with E-state index in [1.54, 1.807) is 0 Å². The van der Waals surface area contributed by atoms with E-state index < -0.39 is 6.09 Å². The van der Waals surface area contributed by atoms with Crippen molar-refractivity contribution >= 4 is 6.09 Å². The highest BCUT2D eigenvalue weighted by Gasteiger charge is 2.28. The van der Waals surface area contributed by atoms with Gasteiger partial charge in [0.05, 0.1) is 13.2 Å². The molecule has 0 fully saturated rings. The first-order valence-electron chi connectivity index (χ1n) is 9.95. The van der Waals surface area contributed by atoms with Gasteiger partial charge in [0.15, 0.2) is 0 Å². The van der Waals surface area contributed by atoms with Crippen LogP contribution in [0, 0.1) is 18.8 Å². The maximum Gasteiger partial charge on any atom is 0.407 e. The largest absolute Gasteiger partial charge is 0.449 e. The van der Waals surface area contributed by atoms with Gasteiger partial charge in [-0.1, -0.05) is 66.4 Å². The zero-order valence-corrected chi connectivity index (χ0v) is 16.8. The number of fused-ring (bicyclic) bond motifs is 3. The van der Waals surface area contributed by atoms with Crippen molar-refractivity contribution < 1.29 is 14.6 Å². The van der Waals surface area contributed by atoms with Crippen molar-refractivity contribution in [1.82, 2.24) is 5.32 Å². The molecular formula is C26H23NO3. The number of alkyl carbamates (subject to hydrolysis) is 1. The van der Waals surface area contributed by atoms with E-state index in [9.17, 15) is 9.90 Å². The molecule has 4 rings (SSSR count). The third kappa shape index (κ3) is 4.07. The lowest BCUT2D eigenvalue weighted by molar-refractivity contribution is 0.144. The number of carbonyl (C=O) groups excluding carboxylic acids is 1. The van der Waals surface area contributed by atoms with E-state index in [0.29, 0.717) is 0 Å². The molecule has 0 saturated carbocycles. The molecule has 0 spiro atoms. The first-order valence-corrected chi connectivity index (χ1v) is 9.95. The SMILES string of the molecule is Cc1ccc(C#CCNC(=O)OCC2c3ccccc3-c3ccccc32)cc1CO. The Kier molecular flexibility index (Phi) is 5.83. The van der Waals surface area contributed by atoms with Crippen LogP contribution in [0.15, 0.2) is 66.7 Å². The van der Waals surface area contributed by atoms with Crippen molar-refractivity contribution in [2.75, 3.05) is 13.2 Å². The minimum absolute atomic E-state index is 0.0145. The van der Waals surface area contributed by atoms with Crippen LogP contribution in [0.4, 0.5) is 4.79 Å². The molecular weight excluding hydrogens is 374 g/mol. The normalized spacial score (nSPS) is 11.8. The lowest BCUT2D eigenvalue weighted by Gasteiger charge is -2.14. The van der Waals surface area contributed by atoms with E-state index in [2.05, 4.69) is 41.4 Å². The van der Waals surface area contributed by atoms with Crippen molar-refractivity contribution in [3.8, 4) is 23.0 Å². The average molecular weight is 397 g/mol. The third-order valence-electron chi connectivity index (χ3n) is 5.42. The van der Waals surface area contributed by atoms with Crippen LogP contribution in [0.2, 0.25) is 0 Å². The zero-order valence-electron chi connectivity index (χ0n) is 16.8. The standard InChI is InChI=1S/C26H23NO3/c1-18-12-13-19(15-20(18)16-28)7-6-14-27-26(29)30-17-25-23-10-4-2-8-21(23)22-9-3-5-11-24(22)25/h2-5,8-13,15,25,28H,14,16-17H2,1H3,(H,27,29). The number of aliphatic hydroxyl groups is 1. The van der Waals surface area contributed by atoms with Gasteiger partial charge in [-0.25, -0.2) is 4.79 Å². The van der Waals surface area contributed by atoms with Gasteiger partial charge in [-0.05, 0) is 52.4 Å². The minimum Gasteiger partial charge on any atom is -0.449 e. The second kappa shape index (κ2) is 8.86. The Morgan fingerprint density at radius 3 is 2.37 bits per heavy atom. The molecule has 0 radical (unpaired) electrons. The van der Waals surface area contributed by atoms with Crippen molar-refractivity contribution in [3.63, 3.8) is 0 Å². The Hall–Kier alpha value is -3.55. The van der Waals surface area contributed by atoms with Crippen LogP contribution >= 0.6 is 0 Å². The van der Waals surface area contributed by atoms with Crippen molar-refractivity contribution in [2.24, 2.45) is 0 Å². The maximum atomic E-state index is 12.1. The molecule has 0 atom stereocenters. The zero-order chi connectivity index (χ0) is 20.9. The highest BCUT2D eigenvalue weighted by Crippen LogP contribution is 2.44. The molecule has 1 aliphatic carbocycles. The van der Waals surface area contributed by atoms with Gasteiger partial charge in [-0.2, -0.15) is 0 Å². The number of hydrogen-bond acceptors (Lipinski definition) is 3. The third-order valence-corrected chi connectivity index (χ3v) is 5.42. The predicted octanol–water partition coefficient (Wildman–Crippen LogP) is 4.38. The van der Waals surface area contributed by atoms with Gasteiger partial charge in [0.25, 0.3) is 0 Å². The van der Waals surface area contributed by atoms with Gasteiger partial charge in [0.1, 0.15) is 6.61 Å². The summed E-state index contributed by atoms with van der Waals surface area (Å²) in [4.78, 5) is 12.1. The van der Waals surface area contributed by atoms with Gasteiger partial charge >= 0.3 is 6.09 Å². The van der Waals surface area contributed by atoms with Crippen LogP contribution in [0.25, 0.3) is 11.1 Å². The minimum atomic E-state index is -0.480. The molecule has 3 aromatic rings. The quantitative estimate of drug-likeness (QED) is 0.643. The first kappa shape index (κ1) is 19.8. The summed E-state index contributed by atoms with van der Waals surface area (Å²) in [5.41, 5.74) is 7.46. The number of aryl methyl sites for hydroxylation is 1. The number of aliphatic hydroxyl groups excluding tert-OH is 1. The molecule has 1 amide bonds. The molecule has 2 N–H and O–H groups in total. The summed E-state index contributed by atoms with van der Waals surface area (Å²) in [6.45, 7) is 2.41. The van der Waals surface area contributed by atoms with E-state index in [1.807, 2.05) is 49.4 Å². The van der Waals surface area contributed by atoms with Crippen LogP contribution in [-0.4, -0.2) is 24.4 Å². The monoisotopic (exact) mass is 397 g/mol. The number of hydrogen-bond donors (Lipinski definition) is 2. The molecule has 4 heteroatoms. The van der Waals surface area contributed by atoms with Gasteiger partial charge in [0.2, 0.25) is 0 Å². The van der Waals surface area contributed by atoms with Crippen LogP contribution in [0.3, 0.4) is 0 Å². The maximum absolute atomic E-state index is 12.1. The van der Waals surface area contributed by atoms with Crippen molar-refractivity contribution in [3.05, 3.63) is 94.5 Å². The fourth-order valence-corrected chi connectivity index (χ4v) is 3.83. The highest BCUT2D eigenvalue weighted by atomic mass is 16.5. The summed E-state index contributed by atoms with van der Waals surface area (Å²) in [6, 6.07) is 22.2. The molecule has 0 aliphatic heterocycles. The summed E-state index contributed by atoms with van der Waals surface area (Å²) in [6.07, 6.45) is -0.480. The topological polar surface area (TPSA) is 58.6 Å². The highest BCUT2D eigenvalue weighted by molar-refractivity contribution is 5.79. The van der Waals surface area contributed by atoms with Crippen molar-refractivity contribution in [1.29, 1.82) is 0 Å². The van der Waals surface area contributed by atoms with E-state index >= 15 is 0 Å². The van der Waals surface area contributed by atoms with Gasteiger partial charge in [-0.3, -0.25) is 0 Å². The Morgan fingerprint density at radius 2 is 1.70 bits per heavy atom. The second-order valence-corrected chi connectivity index (χ2v) is 7.28. The van der Waals surface area contributed by atoms with E-state index in [4.69, 9.17) is 4.74 Å². The number of benzene rings is 3. The summed E-state index contributed by atoms with van der Waals surface area (Å²) in [5, 5.41) is 12.0. The Bertz CT molecular complexity index is 1090. The van der Waals surface area contributed by atoms with E-state index in [0.717, 1.165) is 16.7 Å². The average Bonchev–Trinajstić information content (AvgIpc) is 3.10. The van der Waals surface area contributed by atoms with E-state index in [1.165, 1.54) is 22.3 Å². The molecule has 30 heavy (non-hydrogen) atoms. The smallest absolute Gasteiger partial charge is 0.407 e. The number of nitrogens with one attached hydrogen (secondary N) is 1. The number of carbonyl (C=O) groups is 1. The Labute approximate surface area is 176 Å². The fraction of sp³-hybridized carbons (Fsp3) is 0.192. The molecule has 4 nitrogen and oxygen atoms in total. The summed E-state index contributed by atoms with van der Waals surface area (Å²) in [5.74, 6) is 5.95. The number of amides is 1. The summed E-state index contributed by atoms with van der Waals surface area (Å²) in [7, 11) is 0. The fourth-order valence-electron chi connectivity index (χ4n) is 3.83. The molecule has 0 saturated heterocycles. The van der Waals surface area contributed by atoms with Gasteiger partial charge in [-0.15, -0.1) is 0 Å². The first-order chi connectivity index (χ1) is 14.7. The predicted molar refractivity (Wildman–Crippen MR) is 117 cm³/mol. The van der Waals surface area contributed by atoms with E-state index in [-0.39, 0.29) is 25.7 Å². The molecule has 150 valence electrons. The number of ether oxygens (including phenoxy) is 1. The molecule has 0 aromatic heterocycles. The van der Waals surface area contributed by atoms with Gasteiger partial charge < -0.3 is 15.2 Å². The molecule has 0 unspecified atom stereocenters. The second-order valence-electron chi connectivity index (χ2n) is 7.28. The van der Waals surface area contributed by atoms with Crippen LogP contribution in [-0.2, 0) is 11.3 Å². The lowest BCUT2D eigenvalue weighted by atomic mass is 9.98. The Balaban J connectivity index is 1.34. The number of rotatable bonds is 4. The summed E-state index contributed by atoms with van der Waals surface area (Å²) < 4.78 is 5.49. The summed E-state index contributed by atoms with van der Waals surface area (Å²) >= 11 is 0. The molecule has 0 bridgehead atoms. The van der Waals surface area contributed by atoms with Crippen LogP contribution in [0.1, 0.15) is 33.7 Å². The molecule has 3 aromatic carbocycles. The van der Waals surface area contributed by atoms with Crippen LogP contribution in [0.5, 0.6) is 0 Å². The molecule has 1 aliphatic rings. The van der Waals surface area contributed by atoms with Crippen molar-refractivity contribution in [2.45, 2.75) is 19.4 Å². The Morgan fingerprint density at radius 1 is 1.03 bits per heavy atom. The molecule has 0 heterocycles. The lowest BCUT2D eigenvalue weighted by Crippen LogP contribution is -2.26.